The number of unbranched alkanes of at least 4 members (excludes halogenated alkanes) is 7. The molecule has 0 aliphatic carbocycles. The Morgan fingerprint density at radius 3 is 1.38 bits per heavy atom. The molecule has 0 saturated carbocycles. The van der Waals surface area contributed by atoms with Crippen LogP contribution in [0.2, 0.25) is 20.1 Å². The molecule has 0 aromatic heterocycles. The molecule has 0 heterocycles. The minimum absolute atomic E-state index is 0.242. The van der Waals surface area contributed by atoms with E-state index in [0.717, 1.165) is 59.7 Å². The highest BCUT2D eigenvalue weighted by Crippen LogP contribution is 2.41. The minimum atomic E-state index is -1.06. The molecule has 0 N–H and O–H groups in total. The van der Waals surface area contributed by atoms with Crippen LogP contribution in [0.3, 0.4) is 0 Å². The van der Waals surface area contributed by atoms with Gasteiger partial charge in [0.1, 0.15) is 23.3 Å². The van der Waals surface area contributed by atoms with Crippen LogP contribution in [0.15, 0.2) is 91.0 Å². The number of benzene rings is 4. The molecule has 0 saturated heterocycles. The van der Waals surface area contributed by atoms with Crippen molar-refractivity contribution in [3.8, 4) is 17.2 Å². The van der Waals surface area contributed by atoms with Crippen LogP contribution in [0.1, 0.15) is 116 Å². The van der Waals surface area contributed by atoms with Gasteiger partial charge in [-0.3, -0.25) is 0 Å². The summed E-state index contributed by atoms with van der Waals surface area (Å²) in [5.41, 5.74) is 1.13. The first-order chi connectivity index (χ1) is 25.7. The van der Waals surface area contributed by atoms with Crippen molar-refractivity contribution in [2.24, 2.45) is 0 Å². The predicted molar refractivity (Wildman–Crippen MR) is 228 cm³/mol. The third-order valence-electron chi connectivity index (χ3n) is 9.44. The van der Waals surface area contributed by atoms with Crippen LogP contribution in [-0.2, 0) is 0 Å². The summed E-state index contributed by atoms with van der Waals surface area (Å²) in [6.45, 7) is 12.6. The van der Waals surface area contributed by atoms with E-state index in [-0.39, 0.29) is 6.04 Å². The van der Waals surface area contributed by atoms with E-state index in [4.69, 9.17) is 60.4 Å². The second-order valence-corrected chi connectivity index (χ2v) is 15.4. The van der Waals surface area contributed by atoms with Crippen LogP contribution in [0.5, 0.6) is 17.2 Å². The van der Waals surface area contributed by atoms with Crippen LogP contribution in [0.25, 0.3) is 0 Å². The number of halogens is 4. The van der Waals surface area contributed by atoms with Crippen molar-refractivity contribution < 1.29 is 18.4 Å². The van der Waals surface area contributed by atoms with Gasteiger partial charge in [-0.2, -0.15) is 30.3 Å². The molecule has 4 rings (SSSR count). The van der Waals surface area contributed by atoms with E-state index in [9.17, 15) is 0 Å². The number of quaternary nitrogens is 1. The largest absolute Gasteiger partial charge is 0.864 e. The molecule has 53 heavy (non-hydrogen) atoms. The summed E-state index contributed by atoms with van der Waals surface area (Å²) in [5.74, 6) is 1.91. The standard InChI is InChI=1S/C38H54BCl3NO3.C6H4Cl/c1-5-9-13-27-43(28-14-10-6-2,29-15-11-7-3)37(16-12-8-4)36-30-33(42)21-26-38(36)46-39(44-34-22-17-31(40)18-23-34)45-35-24-19-32(41)20-25-35;7-6-4-2-1-3-5-6/h17-26,30,37H,5-16,27-29H2,1-4H3;2-5H/q+1;-1. The molecule has 0 fully saturated rings. The van der Waals surface area contributed by atoms with Crippen molar-refractivity contribution in [1.29, 1.82) is 0 Å². The third kappa shape index (κ3) is 16.4. The average molecular weight is 802 g/mol. The molecular weight excluding hydrogens is 743 g/mol. The monoisotopic (exact) mass is 799 g/mol. The van der Waals surface area contributed by atoms with Crippen LogP contribution < -0.4 is 14.0 Å². The lowest BCUT2D eigenvalue weighted by Gasteiger charge is -2.46. The number of hydrogen-bond donors (Lipinski definition) is 0. The molecule has 4 nitrogen and oxygen atoms in total. The smallest absolute Gasteiger partial charge is 0.490 e. The molecular formula is C44H58BCl4NO3. The fraction of sp³-hybridized carbons (Fsp3) is 0.455. The maximum absolute atomic E-state index is 6.80. The van der Waals surface area contributed by atoms with Gasteiger partial charge in [0.15, 0.2) is 0 Å². The van der Waals surface area contributed by atoms with Crippen molar-refractivity contribution in [3.63, 3.8) is 0 Å². The minimum Gasteiger partial charge on any atom is -0.490 e. The highest BCUT2D eigenvalue weighted by molar-refractivity contribution is 6.39. The van der Waals surface area contributed by atoms with E-state index in [0.29, 0.717) is 26.6 Å². The van der Waals surface area contributed by atoms with Crippen molar-refractivity contribution in [2.45, 2.75) is 111 Å². The van der Waals surface area contributed by atoms with Crippen LogP contribution in [0.4, 0.5) is 0 Å². The van der Waals surface area contributed by atoms with E-state index in [2.05, 4.69) is 39.8 Å². The lowest BCUT2D eigenvalue weighted by atomic mass is 9.93. The normalized spacial score (nSPS) is 11.7. The third-order valence-corrected chi connectivity index (χ3v) is 10.4. The topological polar surface area (TPSA) is 27.7 Å². The molecule has 4 aromatic rings. The summed E-state index contributed by atoms with van der Waals surface area (Å²) < 4.78 is 20.4. The van der Waals surface area contributed by atoms with Gasteiger partial charge >= 0.3 is 7.32 Å². The molecule has 9 heteroatoms. The molecule has 0 bridgehead atoms. The first-order valence-corrected chi connectivity index (χ1v) is 21.0. The number of nitrogens with zero attached hydrogens (tertiary/aromatic N) is 1. The van der Waals surface area contributed by atoms with Crippen LogP contribution in [0, 0.1) is 6.07 Å². The summed E-state index contributed by atoms with van der Waals surface area (Å²) in [4.78, 5) is 0. The van der Waals surface area contributed by atoms with Gasteiger partial charge in [-0.25, -0.2) is 0 Å². The number of rotatable bonds is 23. The van der Waals surface area contributed by atoms with E-state index in [1.54, 1.807) is 48.5 Å². The highest BCUT2D eigenvalue weighted by Gasteiger charge is 2.40. The SMILES string of the molecule is CCCCC[N+](CCCCC)(CCCCC)C(CCCC)c1cc(Cl)ccc1OB(Oc1ccc(Cl)cc1)Oc1ccc(Cl)cc1.Clc1cc[c-]cc1. The van der Waals surface area contributed by atoms with Crippen LogP contribution >= 0.6 is 46.4 Å². The second-order valence-electron chi connectivity index (χ2n) is 13.6. The zero-order valence-electron chi connectivity index (χ0n) is 32.1. The molecule has 0 amide bonds. The molecule has 0 aliphatic heterocycles. The Labute approximate surface area is 340 Å². The maximum Gasteiger partial charge on any atom is 0.864 e. The van der Waals surface area contributed by atoms with Gasteiger partial charge in [0, 0.05) is 21.5 Å². The average Bonchev–Trinajstić information content (AvgIpc) is 3.15. The van der Waals surface area contributed by atoms with Crippen molar-refractivity contribution in [2.75, 3.05) is 19.6 Å². The van der Waals surface area contributed by atoms with Gasteiger partial charge in [0.25, 0.3) is 0 Å². The molecule has 0 radical (unpaired) electrons. The van der Waals surface area contributed by atoms with Crippen molar-refractivity contribution in [3.05, 3.63) is 123 Å². The second kappa shape index (κ2) is 25.5. The van der Waals surface area contributed by atoms with E-state index in [1.165, 1.54) is 57.8 Å². The Morgan fingerprint density at radius 2 is 0.962 bits per heavy atom. The predicted octanol–water partition coefficient (Wildman–Crippen LogP) is 14.9. The Hall–Kier alpha value is -2.54. The maximum atomic E-state index is 6.80. The summed E-state index contributed by atoms with van der Waals surface area (Å²) in [7, 11) is -1.06. The van der Waals surface area contributed by atoms with Gasteiger partial charge in [-0.1, -0.05) is 93.2 Å². The van der Waals surface area contributed by atoms with Gasteiger partial charge in [-0.15, -0.1) is 11.6 Å². The highest BCUT2D eigenvalue weighted by atomic mass is 35.5. The van der Waals surface area contributed by atoms with E-state index >= 15 is 0 Å². The summed E-state index contributed by atoms with van der Waals surface area (Å²) in [5, 5.41) is 2.74. The zero-order chi connectivity index (χ0) is 38.3. The van der Waals surface area contributed by atoms with Gasteiger partial charge in [0.2, 0.25) is 0 Å². The molecule has 1 atom stereocenters. The quantitative estimate of drug-likeness (QED) is 0.0324. The van der Waals surface area contributed by atoms with Gasteiger partial charge in [0.05, 0.1) is 25.2 Å². The fourth-order valence-corrected chi connectivity index (χ4v) is 7.19. The fourth-order valence-electron chi connectivity index (χ4n) is 6.63. The Bertz CT molecular complexity index is 1470. The Balaban J connectivity index is 0.000000964. The lowest BCUT2D eigenvalue weighted by Crippen LogP contribution is -2.53. The van der Waals surface area contributed by atoms with E-state index < -0.39 is 7.32 Å². The Kier molecular flexibility index (Phi) is 21.6. The van der Waals surface area contributed by atoms with Gasteiger partial charge < -0.3 is 18.4 Å². The molecule has 0 spiro atoms. The first-order valence-electron chi connectivity index (χ1n) is 19.5. The number of hydrogen-bond acceptors (Lipinski definition) is 3. The molecule has 0 aliphatic rings. The Morgan fingerprint density at radius 1 is 0.528 bits per heavy atom. The van der Waals surface area contributed by atoms with Crippen molar-refractivity contribution in [1.82, 2.24) is 0 Å². The molecule has 288 valence electrons. The first kappa shape index (κ1) is 44.9. The molecule has 1 unspecified atom stereocenters. The van der Waals surface area contributed by atoms with Gasteiger partial charge in [-0.05, 0) is 112 Å². The summed E-state index contributed by atoms with van der Waals surface area (Å²) in [6, 6.07) is 30.7. The molecule has 4 aromatic carbocycles. The van der Waals surface area contributed by atoms with Crippen LogP contribution in [-0.4, -0.2) is 31.4 Å². The zero-order valence-corrected chi connectivity index (χ0v) is 35.1. The lowest BCUT2D eigenvalue weighted by molar-refractivity contribution is -0.958. The summed E-state index contributed by atoms with van der Waals surface area (Å²) in [6.07, 6.45) is 14.3. The van der Waals surface area contributed by atoms with E-state index in [1.807, 2.05) is 36.4 Å². The summed E-state index contributed by atoms with van der Waals surface area (Å²) >= 11 is 24.7. The van der Waals surface area contributed by atoms with Crippen molar-refractivity contribution >= 4 is 53.7 Å².